The van der Waals surface area contributed by atoms with E-state index < -0.39 is 10.8 Å². The largest absolute Gasteiger partial charge is 0.403 e. The second-order valence-electron chi connectivity index (χ2n) is 5.60. The van der Waals surface area contributed by atoms with E-state index in [0.717, 1.165) is 22.8 Å². The third kappa shape index (κ3) is 3.55. The molecule has 0 atom stereocenters. The van der Waals surface area contributed by atoms with Crippen LogP contribution in [0.2, 0.25) is 5.02 Å². The zero-order valence-electron chi connectivity index (χ0n) is 13.8. The Morgan fingerprint density at radius 3 is 2.69 bits per heavy atom. The number of hydrogen-bond acceptors (Lipinski definition) is 6. The van der Waals surface area contributed by atoms with Crippen molar-refractivity contribution in [3.63, 3.8) is 0 Å². The fraction of sp³-hybridized carbons (Fsp3) is 0.118. The molecule has 1 aromatic heterocycles. The van der Waals surface area contributed by atoms with E-state index >= 15 is 0 Å². The first-order valence-electron chi connectivity index (χ1n) is 7.51. The Bertz CT molecular complexity index is 1020. The van der Waals surface area contributed by atoms with Gasteiger partial charge in [0.25, 0.3) is 11.6 Å². The molecule has 0 saturated heterocycles. The van der Waals surface area contributed by atoms with Gasteiger partial charge in [-0.05, 0) is 37.6 Å². The minimum absolute atomic E-state index is 0.167. The monoisotopic (exact) mass is 372 g/mol. The van der Waals surface area contributed by atoms with Crippen LogP contribution in [0.3, 0.4) is 0 Å². The normalized spacial score (nSPS) is 10.6. The van der Waals surface area contributed by atoms with Crippen molar-refractivity contribution < 1.29 is 14.1 Å². The number of carbonyl (C=O) groups is 1. The molecular formula is C17H13ClN4O4. The standard InChI is InChI=1S/C17H13ClN4O4/c1-9-3-4-10(2)12(7-9)16-20-21-17(26-16)19-15(23)13-8-11(18)5-6-14(13)22(24)25/h3-8H,1-2H3,(H,19,21,23). The molecule has 1 amide bonds. The summed E-state index contributed by atoms with van der Waals surface area (Å²) >= 11 is 5.83. The minimum atomic E-state index is -0.768. The number of nitrogens with one attached hydrogen (secondary N) is 1. The molecule has 0 aliphatic carbocycles. The number of rotatable bonds is 4. The summed E-state index contributed by atoms with van der Waals surface area (Å²) in [5, 5.41) is 21.3. The van der Waals surface area contributed by atoms with Crippen molar-refractivity contribution in [1.29, 1.82) is 0 Å². The fourth-order valence-electron chi connectivity index (χ4n) is 2.36. The van der Waals surface area contributed by atoms with Crippen LogP contribution >= 0.6 is 11.6 Å². The molecule has 0 saturated carbocycles. The molecule has 9 heteroatoms. The van der Waals surface area contributed by atoms with E-state index in [-0.39, 0.29) is 28.2 Å². The van der Waals surface area contributed by atoms with E-state index in [1.54, 1.807) is 0 Å². The third-order valence-electron chi connectivity index (χ3n) is 3.67. The van der Waals surface area contributed by atoms with Gasteiger partial charge in [-0.3, -0.25) is 20.2 Å². The van der Waals surface area contributed by atoms with Crippen LogP contribution < -0.4 is 5.32 Å². The average molecular weight is 373 g/mol. The molecule has 0 bridgehead atoms. The molecular weight excluding hydrogens is 360 g/mol. The number of nitro groups is 1. The third-order valence-corrected chi connectivity index (χ3v) is 3.90. The first kappa shape index (κ1) is 17.6. The first-order valence-corrected chi connectivity index (χ1v) is 7.89. The highest BCUT2D eigenvalue weighted by Crippen LogP contribution is 2.26. The van der Waals surface area contributed by atoms with Crippen LogP contribution in [0.1, 0.15) is 21.5 Å². The van der Waals surface area contributed by atoms with Crippen molar-refractivity contribution in [3.8, 4) is 11.5 Å². The summed E-state index contributed by atoms with van der Waals surface area (Å²) in [6, 6.07) is 9.29. The van der Waals surface area contributed by atoms with Gasteiger partial charge in [0.15, 0.2) is 0 Å². The van der Waals surface area contributed by atoms with E-state index in [4.69, 9.17) is 16.0 Å². The molecule has 8 nitrogen and oxygen atoms in total. The van der Waals surface area contributed by atoms with E-state index in [1.165, 1.54) is 12.1 Å². The molecule has 2 aromatic carbocycles. The first-order chi connectivity index (χ1) is 12.3. The summed E-state index contributed by atoms with van der Waals surface area (Å²) in [5.41, 5.74) is 2.12. The van der Waals surface area contributed by atoms with Gasteiger partial charge in [-0.1, -0.05) is 34.4 Å². The molecule has 0 unspecified atom stereocenters. The van der Waals surface area contributed by atoms with Gasteiger partial charge in [0.1, 0.15) is 5.56 Å². The SMILES string of the molecule is Cc1ccc(C)c(-c2nnc(NC(=O)c3cc(Cl)ccc3[N+](=O)[O-])o2)c1. The van der Waals surface area contributed by atoms with Gasteiger partial charge in [0.2, 0.25) is 5.89 Å². The molecule has 0 radical (unpaired) electrons. The van der Waals surface area contributed by atoms with Crippen LogP contribution in [0.4, 0.5) is 11.7 Å². The molecule has 1 N–H and O–H groups in total. The average Bonchev–Trinajstić information content (AvgIpc) is 3.04. The highest BCUT2D eigenvalue weighted by molar-refractivity contribution is 6.31. The summed E-state index contributed by atoms with van der Waals surface area (Å²) < 4.78 is 5.47. The molecule has 132 valence electrons. The number of benzene rings is 2. The molecule has 3 rings (SSSR count). The lowest BCUT2D eigenvalue weighted by Crippen LogP contribution is -2.14. The lowest BCUT2D eigenvalue weighted by atomic mass is 10.1. The van der Waals surface area contributed by atoms with Crippen molar-refractivity contribution in [2.75, 3.05) is 5.32 Å². The molecule has 0 fully saturated rings. The van der Waals surface area contributed by atoms with Crippen LogP contribution in [0.5, 0.6) is 0 Å². The number of hydrogen-bond donors (Lipinski definition) is 1. The lowest BCUT2D eigenvalue weighted by Gasteiger charge is -2.03. The van der Waals surface area contributed by atoms with Gasteiger partial charge in [0.05, 0.1) is 4.92 Å². The van der Waals surface area contributed by atoms with Crippen molar-refractivity contribution >= 4 is 29.2 Å². The Morgan fingerprint density at radius 1 is 1.19 bits per heavy atom. The van der Waals surface area contributed by atoms with Crippen molar-refractivity contribution in [2.45, 2.75) is 13.8 Å². The zero-order valence-corrected chi connectivity index (χ0v) is 14.6. The zero-order chi connectivity index (χ0) is 18.8. The Kier molecular flexibility index (Phi) is 4.68. The number of carbonyl (C=O) groups excluding carboxylic acids is 1. The second-order valence-corrected chi connectivity index (χ2v) is 6.04. The number of nitro benzene ring substituents is 1. The molecule has 26 heavy (non-hydrogen) atoms. The topological polar surface area (TPSA) is 111 Å². The van der Waals surface area contributed by atoms with Gasteiger partial charge in [-0.15, -0.1) is 5.10 Å². The van der Waals surface area contributed by atoms with Crippen LogP contribution in [0, 0.1) is 24.0 Å². The predicted molar refractivity (Wildman–Crippen MR) is 95.3 cm³/mol. The van der Waals surface area contributed by atoms with Crippen molar-refractivity contribution in [3.05, 3.63) is 68.2 Å². The summed E-state index contributed by atoms with van der Waals surface area (Å²) in [6.45, 7) is 3.83. The van der Waals surface area contributed by atoms with Crippen LogP contribution in [0.25, 0.3) is 11.5 Å². The van der Waals surface area contributed by atoms with Crippen molar-refractivity contribution in [1.82, 2.24) is 10.2 Å². The maximum Gasteiger partial charge on any atom is 0.322 e. The predicted octanol–water partition coefficient (Wildman–Crippen LogP) is 4.17. The van der Waals surface area contributed by atoms with E-state index in [9.17, 15) is 14.9 Å². The molecule has 1 heterocycles. The summed E-state index contributed by atoms with van der Waals surface area (Å²) in [7, 11) is 0. The Hall–Kier alpha value is -3.26. The molecule has 0 spiro atoms. The Balaban J connectivity index is 1.88. The Labute approximate surface area is 153 Å². The van der Waals surface area contributed by atoms with Crippen LogP contribution in [0.15, 0.2) is 40.8 Å². The maximum absolute atomic E-state index is 12.4. The van der Waals surface area contributed by atoms with Gasteiger partial charge in [0, 0.05) is 16.7 Å². The summed E-state index contributed by atoms with van der Waals surface area (Å²) in [6.07, 6.45) is 0. The minimum Gasteiger partial charge on any atom is -0.403 e. The number of aromatic nitrogens is 2. The number of halogens is 1. The molecule has 0 aliphatic rings. The number of aryl methyl sites for hydroxylation is 2. The highest BCUT2D eigenvalue weighted by atomic mass is 35.5. The van der Waals surface area contributed by atoms with Gasteiger partial charge >= 0.3 is 6.01 Å². The molecule has 3 aromatic rings. The van der Waals surface area contributed by atoms with Crippen LogP contribution in [-0.4, -0.2) is 21.0 Å². The smallest absolute Gasteiger partial charge is 0.322 e. The number of nitrogens with zero attached hydrogens (tertiary/aromatic N) is 3. The van der Waals surface area contributed by atoms with Crippen molar-refractivity contribution in [2.24, 2.45) is 0 Å². The Morgan fingerprint density at radius 2 is 1.96 bits per heavy atom. The summed E-state index contributed by atoms with van der Waals surface area (Å²) in [4.78, 5) is 22.8. The van der Waals surface area contributed by atoms with E-state index in [2.05, 4.69) is 15.5 Å². The highest BCUT2D eigenvalue weighted by Gasteiger charge is 2.22. The quantitative estimate of drug-likeness (QED) is 0.543. The van der Waals surface area contributed by atoms with Gasteiger partial charge in [-0.25, -0.2) is 0 Å². The summed E-state index contributed by atoms with van der Waals surface area (Å²) in [5.74, 6) is -0.530. The maximum atomic E-state index is 12.4. The lowest BCUT2D eigenvalue weighted by molar-refractivity contribution is -0.385. The van der Waals surface area contributed by atoms with Gasteiger partial charge in [-0.2, -0.15) is 0 Å². The van der Waals surface area contributed by atoms with E-state index in [1.807, 2.05) is 32.0 Å². The van der Waals surface area contributed by atoms with Gasteiger partial charge < -0.3 is 4.42 Å². The van der Waals surface area contributed by atoms with E-state index in [0.29, 0.717) is 0 Å². The number of amides is 1. The van der Waals surface area contributed by atoms with Crippen LogP contribution in [-0.2, 0) is 0 Å². The fourth-order valence-corrected chi connectivity index (χ4v) is 2.53. The molecule has 0 aliphatic heterocycles. The number of anilines is 1. The second kappa shape index (κ2) is 6.93.